The number of hydrogen-bond donors (Lipinski definition) is 6. The number of aliphatic hydroxyl groups excluding tert-OH is 1. The lowest BCUT2D eigenvalue weighted by Crippen LogP contribution is -2.54. The molecule has 0 saturated carbocycles. The molecule has 0 bridgehead atoms. The van der Waals surface area contributed by atoms with Crippen LogP contribution in [0.25, 0.3) is 0 Å². The molecule has 45 heavy (non-hydrogen) atoms. The third kappa shape index (κ3) is 8.15. The maximum absolute atomic E-state index is 13.7. The van der Waals surface area contributed by atoms with Gasteiger partial charge < -0.3 is 43.2 Å². The van der Waals surface area contributed by atoms with Crippen molar-refractivity contribution in [3.05, 3.63) is 60.2 Å². The average molecular weight is 630 g/mol. The zero-order valence-corrected chi connectivity index (χ0v) is 24.5. The fraction of sp³-hybridized carbons (Fsp3) is 0.448. The third-order valence-corrected chi connectivity index (χ3v) is 7.64. The molecule has 2 saturated heterocycles. The van der Waals surface area contributed by atoms with Crippen LogP contribution < -0.4 is 43.0 Å². The molecular weight excluding hydrogens is 591 g/mol. The number of carbonyl (C=O) groups is 1. The molecule has 13 nitrogen and oxygen atoms in total. The molecule has 16 heteroatoms. The summed E-state index contributed by atoms with van der Waals surface area (Å²) < 4.78 is 41.1. The largest absolute Gasteiger partial charge is 0.491 e. The number of nitrogens with two attached hydrogens (primary N) is 4. The van der Waals surface area contributed by atoms with Crippen molar-refractivity contribution < 1.29 is 23.1 Å². The van der Waals surface area contributed by atoms with E-state index in [-0.39, 0.29) is 46.3 Å². The standard InChI is InChI=1S/C29H38F3N11O2/c30-29(31,32)43(23-4-2-1-3-5-23)25(45)12-24(44)17-6-8-22(9-7-17)37-26-38-27(41-13-18(33)10-19(34)14-41)40-28(39-26)42-15-20(35)11-21(36)16-42/h1-9,18-21,24,44H,10-16,33-36H2,(H,37,38,39,40). The molecule has 5 rings (SSSR count). The zero-order chi connectivity index (χ0) is 32.3. The fourth-order valence-corrected chi connectivity index (χ4v) is 5.68. The molecule has 242 valence electrons. The van der Waals surface area contributed by atoms with Crippen molar-refractivity contribution in [2.24, 2.45) is 22.9 Å². The van der Waals surface area contributed by atoms with E-state index in [1.807, 2.05) is 9.80 Å². The molecule has 2 fully saturated rings. The van der Waals surface area contributed by atoms with Crippen LogP contribution in [0.15, 0.2) is 54.6 Å². The second-order valence-corrected chi connectivity index (χ2v) is 11.6. The fourth-order valence-electron chi connectivity index (χ4n) is 5.68. The Morgan fingerprint density at radius 2 is 1.33 bits per heavy atom. The van der Waals surface area contributed by atoms with Crippen LogP contribution >= 0.6 is 0 Å². The zero-order valence-electron chi connectivity index (χ0n) is 24.5. The number of nitrogens with one attached hydrogen (secondary N) is 1. The van der Waals surface area contributed by atoms with E-state index < -0.39 is 24.7 Å². The summed E-state index contributed by atoms with van der Waals surface area (Å²) in [6.45, 7) is 2.04. The minimum atomic E-state index is -4.96. The first-order valence-corrected chi connectivity index (χ1v) is 14.6. The van der Waals surface area contributed by atoms with E-state index >= 15 is 0 Å². The van der Waals surface area contributed by atoms with Gasteiger partial charge in [0.2, 0.25) is 23.8 Å². The van der Waals surface area contributed by atoms with Crippen molar-refractivity contribution in [1.29, 1.82) is 0 Å². The molecule has 5 unspecified atom stereocenters. The van der Waals surface area contributed by atoms with Gasteiger partial charge in [-0.25, -0.2) is 4.90 Å². The number of alkyl halides is 3. The first-order chi connectivity index (χ1) is 21.4. The van der Waals surface area contributed by atoms with Crippen LogP contribution in [0.4, 0.5) is 42.4 Å². The minimum Gasteiger partial charge on any atom is -0.388 e. The highest BCUT2D eigenvalue weighted by molar-refractivity contribution is 5.94. The van der Waals surface area contributed by atoms with Gasteiger partial charge in [-0.3, -0.25) is 4.79 Å². The Balaban J connectivity index is 1.34. The van der Waals surface area contributed by atoms with Gasteiger partial charge in [-0.2, -0.15) is 15.0 Å². The Kier molecular flexibility index (Phi) is 9.69. The molecule has 1 amide bonds. The summed E-state index contributed by atoms with van der Waals surface area (Å²) in [5.74, 6) is -0.288. The first-order valence-electron chi connectivity index (χ1n) is 14.6. The molecule has 1 aromatic heterocycles. The van der Waals surface area contributed by atoms with Crippen molar-refractivity contribution in [2.75, 3.05) is 46.2 Å². The summed E-state index contributed by atoms with van der Waals surface area (Å²) in [6.07, 6.45) is -5.85. The normalized spacial score (nSPS) is 23.0. The van der Waals surface area contributed by atoms with E-state index in [1.54, 1.807) is 18.2 Å². The van der Waals surface area contributed by atoms with Gasteiger partial charge in [0, 0.05) is 56.0 Å². The van der Waals surface area contributed by atoms with Gasteiger partial charge in [0.25, 0.3) is 0 Å². The second-order valence-electron chi connectivity index (χ2n) is 11.6. The molecule has 10 N–H and O–H groups in total. The predicted octanol–water partition coefficient (Wildman–Crippen LogP) is 1.32. The van der Waals surface area contributed by atoms with E-state index in [2.05, 4.69) is 15.3 Å². The van der Waals surface area contributed by atoms with Gasteiger partial charge in [0.05, 0.1) is 18.2 Å². The van der Waals surface area contributed by atoms with Crippen LogP contribution in [-0.2, 0) is 4.79 Å². The number of carbonyl (C=O) groups excluding carboxylic acids is 1. The Hall–Kier alpha value is -4.09. The quantitative estimate of drug-likeness (QED) is 0.196. The number of piperidine rings is 2. The number of hydrogen-bond acceptors (Lipinski definition) is 12. The molecule has 0 aliphatic carbocycles. The monoisotopic (exact) mass is 629 g/mol. The predicted molar refractivity (Wildman–Crippen MR) is 165 cm³/mol. The van der Waals surface area contributed by atoms with E-state index in [1.165, 1.54) is 36.4 Å². The number of aromatic nitrogens is 3. The highest BCUT2D eigenvalue weighted by atomic mass is 19.4. The van der Waals surface area contributed by atoms with Gasteiger partial charge in [0.15, 0.2) is 0 Å². The lowest BCUT2D eigenvalue weighted by molar-refractivity contribution is -0.151. The average Bonchev–Trinajstić information content (AvgIpc) is 2.96. The van der Waals surface area contributed by atoms with Crippen LogP contribution in [0.5, 0.6) is 0 Å². The van der Waals surface area contributed by atoms with Crippen molar-refractivity contribution in [1.82, 2.24) is 15.0 Å². The summed E-state index contributed by atoms with van der Waals surface area (Å²) in [5, 5.41) is 13.8. The number of aliphatic hydroxyl groups is 1. The van der Waals surface area contributed by atoms with Crippen LogP contribution in [0.2, 0.25) is 0 Å². The summed E-state index contributed by atoms with van der Waals surface area (Å²) in [7, 11) is 0. The van der Waals surface area contributed by atoms with Gasteiger partial charge in [-0.05, 0) is 42.7 Å². The molecule has 2 aliphatic heterocycles. The van der Waals surface area contributed by atoms with Crippen molar-refractivity contribution in [3.8, 4) is 0 Å². The number of benzene rings is 2. The second kappa shape index (κ2) is 13.5. The SMILES string of the molecule is NC1CC(N)CN(c2nc(Nc3ccc(C(O)CC(=O)N(c4ccccc4)C(F)(F)F)cc3)nc(N3CC(N)CC(N)C3)n2)C1. The molecule has 3 aromatic rings. The Labute approximate surface area is 258 Å². The van der Waals surface area contributed by atoms with Crippen molar-refractivity contribution >= 4 is 35.1 Å². The summed E-state index contributed by atoms with van der Waals surface area (Å²) in [4.78, 5) is 30.1. The van der Waals surface area contributed by atoms with Crippen LogP contribution in [0.1, 0.15) is 30.9 Å². The molecule has 5 atom stereocenters. The number of nitrogens with zero attached hydrogens (tertiary/aromatic N) is 6. The van der Waals surface area contributed by atoms with E-state index in [4.69, 9.17) is 27.9 Å². The highest BCUT2D eigenvalue weighted by Crippen LogP contribution is 2.31. The third-order valence-electron chi connectivity index (χ3n) is 7.64. The van der Waals surface area contributed by atoms with E-state index in [0.29, 0.717) is 56.6 Å². The summed E-state index contributed by atoms with van der Waals surface area (Å²) in [6, 6.07) is 12.3. The van der Waals surface area contributed by atoms with Crippen molar-refractivity contribution in [2.45, 2.75) is 55.8 Å². The van der Waals surface area contributed by atoms with Crippen LogP contribution in [-0.4, -0.2) is 82.6 Å². The number of rotatable bonds is 8. The lowest BCUT2D eigenvalue weighted by Gasteiger charge is -2.37. The minimum absolute atomic E-state index is 0.149. The summed E-state index contributed by atoms with van der Waals surface area (Å²) >= 11 is 0. The smallest absolute Gasteiger partial charge is 0.388 e. The van der Waals surface area contributed by atoms with Crippen molar-refractivity contribution in [3.63, 3.8) is 0 Å². The van der Waals surface area contributed by atoms with Gasteiger partial charge in [0.1, 0.15) is 0 Å². The van der Waals surface area contributed by atoms with Gasteiger partial charge in [-0.15, -0.1) is 13.2 Å². The van der Waals surface area contributed by atoms with Crippen LogP contribution in [0, 0.1) is 0 Å². The van der Waals surface area contributed by atoms with E-state index in [0.717, 1.165) is 0 Å². The molecule has 2 aliphatic rings. The number of para-hydroxylation sites is 1. The maximum Gasteiger partial charge on any atom is 0.491 e. The Bertz CT molecular complexity index is 1380. The van der Waals surface area contributed by atoms with Crippen LogP contribution in [0.3, 0.4) is 0 Å². The molecule has 0 radical (unpaired) electrons. The maximum atomic E-state index is 13.7. The number of anilines is 5. The number of amides is 1. The molecule has 2 aromatic carbocycles. The lowest BCUT2D eigenvalue weighted by atomic mass is 10.0. The Morgan fingerprint density at radius 3 is 1.80 bits per heavy atom. The molecule has 3 heterocycles. The Morgan fingerprint density at radius 1 is 0.844 bits per heavy atom. The first kappa shape index (κ1) is 32.3. The van der Waals surface area contributed by atoms with Gasteiger partial charge in [-0.1, -0.05) is 30.3 Å². The number of halogens is 3. The molecular formula is C29H38F3N11O2. The molecule has 0 spiro atoms. The van der Waals surface area contributed by atoms with E-state index in [9.17, 15) is 23.1 Å². The topological polar surface area (TPSA) is 202 Å². The highest BCUT2D eigenvalue weighted by Gasteiger charge is 2.42. The van der Waals surface area contributed by atoms with Gasteiger partial charge >= 0.3 is 6.30 Å². The summed E-state index contributed by atoms with van der Waals surface area (Å²) in [5.41, 5.74) is 25.3.